The van der Waals surface area contributed by atoms with E-state index in [1.165, 1.54) is 30.3 Å². The number of aromatic nitrogens is 1. The Bertz CT molecular complexity index is 804. The second-order valence-corrected chi connectivity index (χ2v) is 5.46. The Morgan fingerprint density at radius 3 is 2.60 bits per heavy atom. The van der Waals surface area contributed by atoms with E-state index in [1.54, 1.807) is 6.07 Å². The first-order chi connectivity index (χ1) is 11.9. The van der Waals surface area contributed by atoms with E-state index in [4.69, 9.17) is 5.11 Å². The third kappa shape index (κ3) is 4.63. The summed E-state index contributed by atoms with van der Waals surface area (Å²) in [6.45, 7) is 1.84. The monoisotopic (exact) mass is 341 g/mol. The van der Waals surface area contributed by atoms with Crippen LogP contribution in [0.5, 0.6) is 0 Å². The molecule has 0 unspecified atom stereocenters. The van der Waals surface area contributed by atoms with Crippen LogP contribution in [-0.4, -0.2) is 46.4 Å². The molecule has 0 aliphatic carbocycles. The molecule has 7 nitrogen and oxygen atoms in total. The molecule has 1 aromatic carbocycles. The first-order valence-corrected chi connectivity index (χ1v) is 7.75. The molecule has 2 aromatic rings. The van der Waals surface area contributed by atoms with Crippen LogP contribution in [0.3, 0.4) is 0 Å². The van der Waals surface area contributed by atoms with Crippen LogP contribution in [0.15, 0.2) is 42.6 Å². The zero-order valence-electron chi connectivity index (χ0n) is 14.0. The van der Waals surface area contributed by atoms with Gasteiger partial charge in [0.25, 0.3) is 5.91 Å². The summed E-state index contributed by atoms with van der Waals surface area (Å²) in [5, 5.41) is 11.7. The molecule has 130 valence electrons. The predicted octanol–water partition coefficient (Wildman–Crippen LogP) is 2.05. The lowest BCUT2D eigenvalue weighted by molar-refractivity contribution is -0.116. The second kappa shape index (κ2) is 8.05. The number of carbonyl (C=O) groups is 3. The van der Waals surface area contributed by atoms with Gasteiger partial charge < -0.3 is 15.3 Å². The number of hydrogen-bond acceptors (Lipinski definition) is 4. The van der Waals surface area contributed by atoms with Crippen molar-refractivity contribution in [2.75, 3.05) is 18.9 Å². The summed E-state index contributed by atoms with van der Waals surface area (Å²) in [5.74, 6) is -2.00. The molecule has 0 aliphatic rings. The molecule has 2 rings (SSSR count). The van der Waals surface area contributed by atoms with E-state index in [-0.39, 0.29) is 23.7 Å². The average molecular weight is 341 g/mol. The van der Waals surface area contributed by atoms with Crippen molar-refractivity contribution in [3.63, 3.8) is 0 Å². The summed E-state index contributed by atoms with van der Waals surface area (Å²) in [5.41, 5.74) is 1.66. The molecule has 1 aromatic heterocycles. The number of carbonyl (C=O) groups excluding carboxylic acids is 2. The van der Waals surface area contributed by atoms with Gasteiger partial charge in [0.15, 0.2) is 0 Å². The van der Waals surface area contributed by atoms with Crippen molar-refractivity contribution in [2.45, 2.75) is 13.3 Å². The third-order valence-electron chi connectivity index (χ3n) is 3.63. The van der Waals surface area contributed by atoms with Gasteiger partial charge in [0.2, 0.25) is 5.91 Å². The van der Waals surface area contributed by atoms with Gasteiger partial charge in [-0.2, -0.15) is 0 Å². The highest BCUT2D eigenvalue weighted by Gasteiger charge is 2.17. The Hall–Kier alpha value is -3.22. The van der Waals surface area contributed by atoms with E-state index in [0.29, 0.717) is 5.69 Å². The predicted molar refractivity (Wildman–Crippen MR) is 92.6 cm³/mol. The lowest BCUT2D eigenvalue weighted by atomic mass is 10.1. The maximum absolute atomic E-state index is 12.4. The number of aryl methyl sites for hydroxylation is 1. The fourth-order valence-electron chi connectivity index (χ4n) is 2.33. The molecule has 2 N–H and O–H groups in total. The number of nitrogens with zero attached hydrogens (tertiary/aromatic N) is 2. The minimum atomic E-state index is -1.22. The number of carboxylic acid groups (broad SMARTS) is 1. The van der Waals surface area contributed by atoms with Crippen LogP contribution >= 0.6 is 0 Å². The molecule has 2 amide bonds. The average Bonchev–Trinajstić information content (AvgIpc) is 2.61. The fourth-order valence-corrected chi connectivity index (χ4v) is 2.33. The van der Waals surface area contributed by atoms with Crippen LogP contribution in [0.25, 0.3) is 0 Å². The topological polar surface area (TPSA) is 99.6 Å². The Labute approximate surface area is 145 Å². The first-order valence-electron chi connectivity index (χ1n) is 7.75. The van der Waals surface area contributed by atoms with E-state index >= 15 is 0 Å². The number of benzene rings is 1. The molecule has 25 heavy (non-hydrogen) atoms. The lowest BCUT2D eigenvalue weighted by Crippen LogP contribution is -2.35. The van der Waals surface area contributed by atoms with Crippen molar-refractivity contribution in [3.05, 3.63) is 59.4 Å². The maximum Gasteiger partial charge on any atom is 0.354 e. The minimum Gasteiger partial charge on any atom is -0.477 e. The molecule has 0 fully saturated rings. The second-order valence-electron chi connectivity index (χ2n) is 5.46. The summed E-state index contributed by atoms with van der Waals surface area (Å²) in [6.07, 6.45) is 2.03. The van der Waals surface area contributed by atoms with Crippen LogP contribution in [0.2, 0.25) is 0 Å². The number of hydrogen-bond donors (Lipinski definition) is 2. The van der Waals surface area contributed by atoms with E-state index < -0.39 is 11.9 Å². The van der Waals surface area contributed by atoms with Crippen LogP contribution in [-0.2, 0) is 11.2 Å². The number of likely N-dealkylation sites (N-methyl/N-ethyl adjacent to an activating group) is 1. The molecule has 0 aliphatic heterocycles. The Morgan fingerprint density at radius 2 is 1.92 bits per heavy atom. The van der Waals surface area contributed by atoms with Crippen LogP contribution in [0, 0.1) is 0 Å². The van der Waals surface area contributed by atoms with Crippen LogP contribution < -0.4 is 5.32 Å². The summed E-state index contributed by atoms with van der Waals surface area (Å²) in [4.78, 5) is 40.4. The number of nitrogens with one attached hydrogen (secondary N) is 1. The number of aromatic carboxylic acids is 1. The van der Waals surface area contributed by atoms with Crippen molar-refractivity contribution >= 4 is 23.5 Å². The molecule has 0 saturated heterocycles. The number of para-hydroxylation sites is 1. The van der Waals surface area contributed by atoms with Gasteiger partial charge in [-0.3, -0.25) is 9.59 Å². The molecule has 0 saturated carbocycles. The number of carboxylic acids is 1. The normalized spacial score (nSPS) is 10.2. The van der Waals surface area contributed by atoms with E-state index in [0.717, 1.165) is 12.0 Å². The van der Waals surface area contributed by atoms with Gasteiger partial charge in [-0.05, 0) is 30.2 Å². The summed E-state index contributed by atoms with van der Waals surface area (Å²) < 4.78 is 0. The van der Waals surface area contributed by atoms with E-state index in [9.17, 15) is 14.4 Å². The van der Waals surface area contributed by atoms with Gasteiger partial charge in [-0.25, -0.2) is 9.78 Å². The number of amides is 2. The van der Waals surface area contributed by atoms with E-state index in [1.807, 2.05) is 25.1 Å². The first kappa shape index (κ1) is 18.1. The Kier molecular flexibility index (Phi) is 5.84. The van der Waals surface area contributed by atoms with Crippen molar-refractivity contribution in [2.24, 2.45) is 0 Å². The largest absolute Gasteiger partial charge is 0.477 e. The molecular formula is C18H19N3O4. The smallest absolute Gasteiger partial charge is 0.354 e. The van der Waals surface area contributed by atoms with Gasteiger partial charge in [0.05, 0.1) is 6.54 Å². The van der Waals surface area contributed by atoms with Crippen LogP contribution in [0.1, 0.15) is 33.3 Å². The third-order valence-corrected chi connectivity index (χ3v) is 3.63. The molecule has 0 atom stereocenters. The van der Waals surface area contributed by atoms with Gasteiger partial charge in [0.1, 0.15) is 5.69 Å². The van der Waals surface area contributed by atoms with Crippen molar-refractivity contribution in [1.29, 1.82) is 0 Å². The molecule has 0 bridgehead atoms. The minimum absolute atomic E-state index is 0.151. The number of rotatable bonds is 6. The summed E-state index contributed by atoms with van der Waals surface area (Å²) in [6, 6.07) is 10.1. The van der Waals surface area contributed by atoms with Crippen molar-refractivity contribution in [1.82, 2.24) is 9.88 Å². The quantitative estimate of drug-likeness (QED) is 0.838. The molecule has 7 heteroatoms. The SMILES string of the molecule is CCc1ccccc1NC(=O)CN(C)C(=O)c1ccnc(C(=O)O)c1. The molecular weight excluding hydrogens is 322 g/mol. The number of pyridine rings is 1. The zero-order chi connectivity index (χ0) is 18.4. The van der Waals surface area contributed by atoms with Gasteiger partial charge in [-0.1, -0.05) is 25.1 Å². The molecule has 0 radical (unpaired) electrons. The van der Waals surface area contributed by atoms with Gasteiger partial charge >= 0.3 is 5.97 Å². The standard InChI is InChI=1S/C18H19N3O4/c1-3-12-6-4-5-7-14(12)20-16(22)11-21(2)17(23)13-8-9-19-15(10-13)18(24)25/h4-10H,3,11H2,1-2H3,(H,20,22)(H,24,25). The van der Waals surface area contributed by atoms with Crippen molar-refractivity contribution in [3.8, 4) is 0 Å². The number of anilines is 1. The molecule has 1 heterocycles. The highest BCUT2D eigenvalue weighted by atomic mass is 16.4. The van der Waals surface area contributed by atoms with Crippen LogP contribution in [0.4, 0.5) is 5.69 Å². The van der Waals surface area contributed by atoms with Crippen molar-refractivity contribution < 1.29 is 19.5 Å². The summed E-state index contributed by atoms with van der Waals surface area (Å²) >= 11 is 0. The zero-order valence-corrected chi connectivity index (χ0v) is 14.0. The fraction of sp³-hybridized carbons (Fsp3) is 0.222. The lowest BCUT2D eigenvalue weighted by Gasteiger charge is -2.17. The van der Waals surface area contributed by atoms with E-state index in [2.05, 4.69) is 10.3 Å². The highest BCUT2D eigenvalue weighted by molar-refractivity contribution is 6.00. The van der Waals surface area contributed by atoms with Gasteiger partial charge in [-0.15, -0.1) is 0 Å². The molecule has 0 spiro atoms. The Balaban J connectivity index is 2.04. The van der Waals surface area contributed by atoms with Gasteiger partial charge in [0, 0.05) is 24.5 Å². The summed E-state index contributed by atoms with van der Waals surface area (Å²) in [7, 11) is 1.48. The maximum atomic E-state index is 12.4. The Morgan fingerprint density at radius 1 is 1.20 bits per heavy atom. The highest BCUT2D eigenvalue weighted by Crippen LogP contribution is 2.15.